The largest absolute Gasteiger partial charge is 0.506 e. The van der Waals surface area contributed by atoms with Gasteiger partial charge in [0.15, 0.2) is 0 Å². The van der Waals surface area contributed by atoms with Crippen LogP contribution in [0.4, 0.5) is 5.69 Å². The number of aromatic nitrogens is 1. The minimum absolute atomic E-state index is 0.0567. The lowest BCUT2D eigenvalue weighted by Crippen LogP contribution is -2.36. The molecule has 2 heterocycles. The molecule has 0 saturated carbocycles. The molecule has 0 aliphatic carbocycles. The van der Waals surface area contributed by atoms with E-state index in [4.69, 9.17) is 0 Å². The van der Waals surface area contributed by atoms with Crippen molar-refractivity contribution < 1.29 is 14.7 Å². The number of allylic oxidation sites excluding steroid dienone is 4. The minimum atomic E-state index is -0.384. The van der Waals surface area contributed by atoms with Crippen LogP contribution in [0.3, 0.4) is 0 Å². The van der Waals surface area contributed by atoms with Gasteiger partial charge in [-0.05, 0) is 35.1 Å². The molecule has 4 aromatic carbocycles. The number of nitrogens with zero attached hydrogens (tertiary/aromatic N) is 2. The summed E-state index contributed by atoms with van der Waals surface area (Å²) in [4.78, 5) is 40.9. The van der Waals surface area contributed by atoms with Crippen molar-refractivity contribution in [2.75, 3.05) is 11.9 Å². The van der Waals surface area contributed by atoms with Crippen molar-refractivity contribution in [1.29, 1.82) is 0 Å². The van der Waals surface area contributed by atoms with Crippen molar-refractivity contribution in [3.8, 4) is 5.75 Å². The first-order valence-electron chi connectivity index (χ1n) is 12.5. The number of pyridine rings is 1. The Hall–Kier alpha value is -5.23. The minimum Gasteiger partial charge on any atom is -0.506 e. The van der Waals surface area contributed by atoms with Crippen LogP contribution >= 0.6 is 0 Å². The number of rotatable bonds is 3. The van der Waals surface area contributed by atoms with Gasteiger partial charge in [0.1, 0.15) is 5.75 Å². The number of anilines is 1. The highest BCUT2D eigenvalue weighted by Gasteiger charge is 2.33. The number of fused-ring (bicyclic) bond motifs is 6. The fourth-order valence-corrected chi connectivity index (χ4v) is 5.33. The third kappa shape index (κ3) is 3.77. The van der Waals surface area contributed by atoms with Crippen LogP contribution in [-0.4, -0.2) is 28.4 Å². The van der Waals surface area contributed by atoms with Crippen LogP contribution in [0, 0.1) is 0 Å². The van der Waals surface area contributed by atoms with Crippen molar-refractivity contribution in [2.24, 2.45) is 7.05 Å². The first kappa shape index (κ1) is 24.1. The van der Waals surface area contributed by atoms with Gasteiger partial charge in [-0.15, -0.1) is 0 Å². The molecule has 0 radical (unpaired) electrons. The Balaban J connectivity index is 1.33. The molecule has 1 N–H and O–H groups in total. The van der Waals surface area contributed by atoms with Gasteiger partial charge < -0.3 is 14.6 Å². The van der Waals surface area contributed by atoms with Crippen LogP contribution in [0.5, 0.6) is 5.75 Å². The van der Waals surface area contributed by atoms with Crippen molar-refractivity contribution >= 4 is 55.9 Å². The number of aromatic hydroxyl groups is 1. The zero-order chi connectivity index (χ0) is 27.3. The average molecular weight is 513 g/mol. The fraction of sp³-hybridized carbons (Fsp3) is 0.0606. The summed E-state index contributed by atoms with van der Waals surface area (Å²) in [6.45, 7) is 0. The van der Waals surface area contributed by atoms with Gasteiger partial charge in [0.25, 0.3) is 11.5 Å². The normalized spacial score (nSPS) is 15.0. The number of carbonyl (C=O) groups is 2. The van der Waals surface area contributed by atoms with Crippen LogP contribution in [0.2, 0.25) is 0 Å². The summed E-state index contributed by atoms with van der Waals surface area (Å²) in [7, 11) is 3.35. The van der Waals surface area contributed by atoms with E-state index in [0.29, 0.717) is 22.2 Å². The second kappa shape index (κ2) is 9.26. The van der Waals surface area contributed by atoms with Gasteiger partial charge in [0, 0.05) is 35.8 Å². The summed E-state index contributed by atoms with van der Waals surface area (Å²) in [5.74, 6) is -0.809. The lowest BCUT2D eigenvalue weighted by Gasteiger charge is -2.27. The number of likely N-dealkylation sites (N-methyl/N-ethyl adjacent to an activating group) is 1. The van der Waals surface area contributed by atoms with Crippen molar-refractivity contribution in [2.45, 2.75) is 0 Å². The first-order chi connectivity index (χ1) is 18.9. The molecular formula is C33H24N2O4. The molecular weight excluding hydrogens is 488 g/mol. The molecule has 6 heteroatoms. The molecule has 1 aliphatic heterocycles. The van der Waals surface area contributed by atoms with Gasteiger partial charge >= 0.3 is 0 Å². The quantitative estimate of drug-likeness (QED) is 0.141. The standard InChI is InChI=1S/C33H24N2O4/c1-34-28-22-12-8-6-10-20(22)16-18-24(28)30(36)26(32(34)38)14-4-3-5-15-27-31(37)25-19-17-21-11-7-9-13-23(21)29(25)35(2)33(27)39/h3-19,36H,1-2H3/b5-3?,14-4?,27-15-. The van der Waals surface area contributed by atoms with Gasteiger partial charge in [-0.2, -0.15) is 0 Å². The third-order valence-corrected chi connectivity index (χ3v) is 7.29. The molecule has 0 fully saturated rings. The predicted molar refractivity (Wildman–Crippen MR) is 156 cm³/mol. The van der Waals surface area contributed by atoms with E-state index in [2.05, 4.69) is 0 Å². The Morgan fingerprint density at radius 2 is 1.38 bits per heavy atom. The highest BCUT2D eigenvalue weighted by Crippen LogP contribution is 2.36. The number of hydrogen-bond acceptors (Lipinski definition) is 4. The number of aryl methyl sites for hydroxylation is 1. The van der Waals surface area contributed by atoms with Gasteiger partial charge in [-0.25, -0.2) is 0 Å². The second-order valence-corrected chi connectivity index (χ2v) is 9.51. The molecule has 1 amide bonds. The molecule has 190 valence electrons. The van der Waals surface area contributed by atoms with Crippen LogP contribution < -0.4 is 10.5 Å². The second-order valence-electron chi connectivity index (χ2n) is 9.51. The number of carbonyl (C=O) groups excluding carboxylic acids is 2. The lowest BCUT2D eigenvalue weighted by atomic mass is 9.92. The van der Waals surface area contributed by atoms with E-state index in [1.807, 2.05) is 66.7 Å². The third-order valence-electron chi connectivity index (χ3n) is 7.29. The van der Waals surface area contributed by atoms with Crippen LogP contribution in [-0.2, 0) is 11.8 Å². The SMILES string of the molecule is CN1C(=O)/C(=C\C=CC=Cc2c(O)c3ccc4ccccc4c3n(C)c2=O)C(=O)c2ccc3ccccc3c21. The maximum Gasteiger partial charge on any atom is 0.262 e. The predicted octanol–water partition coefficient (Wildman–Crippen LogP) is 5.91. The van der Waals surface area contributed by atoms with E-state index in [-0.39, 0.29) is 34.1 Å². The van der Waals surface area contributed by atoms with Gasteiger partial charge in [-0.3, -0.25) is 14.4 Å². The molecule has 0 unspecified atom stereocenters. The molecule has 6 rings (SSSR count). The van der Waals surface area contributed by atoms with Gasteiger partial charge in [0.05, 0.1) is 22.3 Å². The maximum absolute atomic E-state index is 13.2. The fourth-order valence-electron chi connectivity index (χ4n) is 5.33. The van der Waals surface area contributed by atoms with E-state index >= 15 is 0 Å². The van der Waals surface area contributed by atoms with Crippen molar-refractivity contribution in [3.05, 3.63) is 124 Å². The first-order valence-corrected chi connectivity index (χ1v) is 12.5. The molecule has 1 aromatic heterocycles. The smallest absolute Gasteiger partial charge is 0.262 e. The highest BCUT2D eigenvalue weighted by atomic mass is 16.3. The van der Waals surface area contributed by atoms with E-state index in [0.717, 1.165) is 21.5 Å². The topological polar surface area (TPSA) is 79.6 Å². The molecule has 5 aromatic rings. The lowest BCUT2D eigenvalue weighted by molar-refractivity contribution is -0.114. The van der Waals surface area contributed by atoms with Crippen molar-refractivity contribution in [1.82, 2.24) is 4.57 Å². The molecule has 39 heavy (non-hydrogen) atoms. The number of amides is 1. The van der Waals surface area contributed by atoms with E-state index < -0.39 is 0 Å². The molecule has 1 aliphatic rings. The monoisotopic (exact) mass is 512 g/mol. The van der Waals surface area contributed by atoms with E-state index in [9.17, 15) is 19.5 Å². The molecule has 6 nitrogen and oxygen atoms in total. The zero-order valence-electron chi connectivity index (χ0n) is 21.4. The Labute approximate surface area is 224 Å². The average Bonchev–Trinajstić information content (AvgIpc) is 2.96. The number of Topliss-reactive ketones (excluding diaryl/α,β-unsaturated/α-hetero) is 1. The van der Waals surface area contributed by atoms with Crippen LogP contribution in [0.1, 0.15) is 15.9 Å². The van der Waals surface area contributed by atoms with Crippen LogP contribution in [0.25, 0.3) is 38.5 Å². The summed E-state index contributed by atoms with van der Waals surface area (Å²) in [5.41, 5.74) is 1.63. The summed E-state index contributed by atoms with van der Waals surface area (Å²) >= 11 is 0. The van der Waals surface area contributed by atoms with E-state index in [1.165, 1.54) is 17.1 Å². The Morgan fingerprint density at radius 3 is 2.15 bits per heavy atom. The maximum atomic E-state index is 13.2. The summed E-state index contributed by atoms with van der Waals surface area (Å²) in [6, 6.07) is 22.7. The number of ketones is 1. The van der Waals surface area contributed by atoms with Crippen LogP contribution in [0.15, 0.2) is 107 Å². The summed E-state index contributed by atoms with van der Waals surface area (Å²) in [6.07, 6.45) is 7.81. The zero-order valence-corrected chi connectivity index (χ0v) is 21.4. The summed E-state index contributed by atoms with van der Waals surface area (Å²) < 4.78 is 1.54. The van der Waals surface area contributed by atoms with Gasteiger partial charge in [-0.1, -0.05) is 78.9 Å². The number of hydrogen-bond donors (Lipinski definition) is 1. The highest BCUT2D eigenvalue weighted by molar-refractivity contribution is 6.36. The molecule has 0 saturated heterocycles. The number of benzene rings is 4. The Morgan fingerprint density at radius 1 is 0.718 bits per heavy atom. The Bertz CT molecular complexity index is 2010. The Kier molecular flexibility index (Phi) is 5.73. The molecule has 0 bridgehead atoms. The summed E-state index contributed by atoms with van der Waals surface area (Å²) in [5, 5.41) is 15.2. The van der Waals surface area contributed by atoms with E-state index in [1.54, 1.807) is 43.0 Å². The van der Waals surface area contributed by atoms with Gasteiger partial charge in [0.2, 0.25) is 5.78 Å². The molecule has 0 spiro atoms. The van der Waals surface area contributed by atoms with Crippen molar-refractivity contribution in [3.63, 3.8) is 0 Å². The molecule has 0 atom stereocenters.